The Kier molecular flexibility index (Phi) is 5.59. The Morgan fingerprint density at radius 2 is 2.14 bits per heavy atom. The van der Waals surface area contributed by atoms with Gasteiger partial charge in [-0.25, -0.2) is 0 Å². The number of likely N-dealkylation sites (tertiary alicyclic amines) is 1. The largest absolute Gasteiger partial charge is 0.496 e. The van der Waals surface area contributed by atoms with Crippen molar-refractivity contribution in [3.05, 3.63) is 29.8 Å². The van der Waals surface area contributed by atoms with Gasteiger partial charge in [0.1, 0.15) is 5.75 Å². The van der Waals surface area contributed by atoms with E-state index in [0.717, 1.165) is 11.3 Å². The zero-order chi connectivity index (χ0) is 15.2. The molecule has 1 aliphatic heterocycles. The van der Waals surface area contributed by atoms with Crippen LogP contribution in [0, 0.1) is 0 Å². The summed E-state index contributed by atoms with van der Waals surface area (Å²) in [5, 5.41) is 9.40. The number of carbonyl (C=O) groups excluding carboxylic acids is 1. The molecule has 2 atom stereocenters. The van der Waals surface area contributed by atoms with Crippen molar-refractivity contribution in [1.82, 2.24) is 4.90 Å². The van der Waals surface area contributed by atoms with Gasteiger partial charge < -0.3 is 19.5 Å². The van der Waals surface area contributed by atoms with E-state index < -0.39 is 0 Å². The number of rotatable bonds is 6. The van der Waals surface area contributed by atoms with Gasteiger partial charge in [-0.2, -0.15) is 0 Å². The lowest BCUT2D eigenvalue weighted by Crippen LogP contribution is -2.38. The van der Waals surface area contributed by atoms with E-state index >= 15 is 0 Å². The van der Waals surface area contributed by atoms with Gasteiger partial charge in [-0.3, -0.25) is 4.79 Å². The Bertz CT molecular complexity index is 477. The summed E-state index contributed by atoms with van der Waals surface area (Å²) in [5.41, 5.74) is 1.02. The van der Waals surface area contributed by atoms with Crippen LogP contribution in [0.15, 0.2) is 24.3 Å². The fourth-order valence-corrected chi connectivity index (χ4v) is 2.82. The number of aryl methyl sites for hydroxylation is 1. The lowest BCUT2D eigenvalue weighted by molar-refractivity contribution is -0.133. The lowest BCUT2D eigenvalue weighted by atomic mass is 10.1. The maximum atomic E-state index is 12.4. The molecule has 1 heterocycles. The summed E-state index contributed by atoms with van der Waals surface area (Å²) in [5.74, 6) is 0.861. The molecule has 2 rings (SSSR count). The van der Waals surface area contributed by atoms with Gasteiger partial charge in [-0.15, -0.1) is 0 Å². The maximum absolute atomic E-state index is 12.4. The highest BCUT2D eigenvalue weighted by molar-refractivity contribution is 5.77. The Morgan fingerprint density at radius 3 is 2.81 bits per heavy atom. The molecule has 5 heteroatoms. The summed E-state index contributed by atoms with van der Waals surface area (Å²) in [7, 11) is 3.27. The zero-order valence-electron chi connectivity index (χ0n) is 12.6. The summed E-state index contributed by atoms with van der Waals surface area (Å²) in [6.45, 7) is 0.548. The predicted molar refractivity (Wildman–Crippen MR) is 79.3 cm³/mol. The van der Waals surface area contributed by atoms with Crippen LogP contribution in [0.5, 0.6) is 5.75 Å². The first-order valence-corrected chi connectivity index (χ1v) is 7.24. The van der Waals surface area contributed by atoms with E-state index in [-0.39, 0.29) is 24.7 Å². The molecule has 1 aromatic rings. The lowest BCUT2D eigenvalue weighted by Gasteiger charge is -2.23. The highest BCUT2D eigenvalue weighted by Crippen LogP contribution is 2.23. The minimum atomic E-state index is -0.125. The minimum absolute atomic E-state index is 0.0136. The van der Waals surface area contributed by atoms with Crippen LogP contribution in [0.25, 0.3) is 0 Å². The summed E-state index contributed by atoms with van der Waals surface area (Å²) in [4.78, 5) is 14.1. The van der Waals surface area contributed by atoms with Crippen molar-refractivity contribution >= 4 is 5.91 Å². The minimum Gasteiger partial charge on any atom is -0.496 e. The van der Waals surface area contributed by atoms with Crippen LogP contribution >= 0.6 is 0 Å². The van der Waals surface area contributed by atoms with Gasteiger partial charge in [0.05, 0.1) is 25.9 Å². The third-order valence-corrected chi connectivity index (χ3v) is 4.04. The van der Waals surface area contributed by atoms with Crippen molar-refractivity contribution in [1.29, 1.82) is 0 Å². The molecular formula is C16H23NO4. The van der Waals surface area contributed by atoms with Crippen LogP contribution in [-0.2, 0) is 16.0 Å². The van der Waals surface area contributed by atoms with Crippen LogP contribution in [0.3, 0.4) is 0 Å². The summed E-state index contributed by atoms with van der Waals surface area (Å²) < 4.78 is 10.6. The molecule has 1 amide bonds. The Hall–Kier alpha value is -1.59. The molecule has 0 aliphatic carbocycles. The first-order valence-electron chi connectivity index (χ1n) is 7.24. The fourth-order valence-electron chi connectivity index (χ4n) is 2.82. The summed E-state index contributed by atoms with van der Waals surface area (Å²) in [6, 6.07) is 7.59. The number of carbonyl (C=O) groups is 1. The van der Waals surface area contributed by atoms with Gasteiger partial charge in [-0.05, 0) is 24.5 Å². The van der Waals surface area contributed by atoms with Crippen LogP contribution in [0.1, 0.15) is 18.4 Å². The highest BCUT2D eigenvalue weighted by atomic mass is 16.5. The fraction of sp³-hybridized carbons (Fsp3) is 0.562. The van der Waals surface area contributed by atoms with Crippen LogP contribution in [0.2, 0.25) is 0 Å². The molecule has 0 radical (unpaired) electrons. The third-order valence-electron chi connectivity index (χ3n) is 4.04. The predicted octanol–water partition coefficient (Wildman–Crippen LogP) is 1.24. The number of ether oxygens (including phenoxy) is 2. The molecule has 1 aliphatic rings. The Morgan fingerprint density at radius 1 is 1.38 bits per heavy atom. The van der Waals surface area contributed by atoms with Crippen molar-refractivity contribution in [2.75, 3.05) is 27.4 Å². The van der Waals surface area contributed by atoms with E-state index in [9.17, 15) is 9.90 Å². The number of para-hydroxylation sites is 1. The van der Waals surface area contributed by atoms with E-state index in [4.69, 9.17) is 9.47 Å². The number of methoxy groups -OCH3 is 2. The average Bonchev–Trinajstić information content (AvgIpc) is 2.96. The molecule has 0 saturated carbocycles. The van der Waals surface area contributed by atoms with Gasteiger partial charge >= 0.3 is 0 Å². The molecule has 0 unspecified atom stereocenters. The molecule has 1 fully saturated rings. The number of benzene rings is 1. The number of aliphatic hydroxyl groups is 1. The Balaban J connectivity index is 1.95. The third kappa shape index (κ3) is 3.74. The highest BCUT2D eigenvalue weighted by Gasteiger charge is 2.34. The average molecular weight is 293 g/mol. The van der Waals surface area contributed by atoms with Crippen molar-refractivity contribution in [2.24, 2.45) is 0 Å². The van der Waals surface area contributed by atoms with Gasteiger partial charge in [0, 0.05) is 20.1 Å². The standard InChI is InChI=1S/C16H23NO4/c1-20-14-9-13(11-18)17(10-14)16(19)8-7-12-5-3-4-6-15(12)21-2/h3-6,13-14,18H,7-11H2,1-2H3/t13-,14-/m0/s1. The van der Waals surface area contributed by atoms with Gasteiger partial charge in [0.25, 0.3) is 0 Å². The van der Waals surface area contributed by atoms with E-state index in [1.165, 1.54) is 0 Å². The van der Waals surface area contributed by atoms with Crippen LogP contribution < -0.4 is 4.74 Å². The van der Waals surface area contributed by atoms with Crippen molar-refractivity contribution < 1.29 is 19.4 Å². The Labute approximate surface area is 125 Å². The number of aliphatic hydroxyl groups excluding tert-OH is 1. The number of nitrogens with zero attached hydrogens (tertiary/aromatic N) is 1. The molecule has 0 bridgehead atoms. The molecule has 0 spiro atoms. The van der Waals surface area contributed by atoms with Gasteiger partial charge in [0.15, 0.2) is 0 Å². The number of hydrogen-bond acceptors (Lipinski definition) is 4. The van der Waals surface area contributed by atoms with E-state index in [0.29, 0.717) is 25.8 Å². The first kappa shape index (κ1) is 15.8. The molecule has 116 valence electrons. The topological polar surface area (TPSA) is 59.0 Å². The number of hydrogen-bond donors (Lipinski definition) is 1. The summed E-state index contributed by atoms with van der Waals surface area (Å²) in [6.07, 6.45) is 1.77. The second-order valence-corrected chi connectivity index (χ2v) is 5.29. The normalized spacial score (nSPS) is 21.6. The SMILES string of the molecule is COc1ccccc1CCC(=O)N1C[C@@H](OC)C[C@H]1CO. The monoisotopic (exact) mass is 293 g/mol. The molecule has 0 aromatic heterocycles. The number of amides is 1. The maximum Gasteiger partial charge on any atom is 0.223 e. The zero-order valence-corrected chi connectivity index (χ0v) is 12.6. The van der Waals surface area contributed by atoms with Gasteiger partial charge in [0.2, 0.25) is 5.91 Å². The van der Waals surface area contributed by atoms with Crippen molar-refractivity contribution in [3.8, 4) is 5.75 Å². The van der Waals surface area contributed by atoms with Crippen molar-refractivity contribution in [3.63, 3.8) is 0 Å². The molecule has 5 nitrogen and oxygen atoms in total. The van der Waals surface area contributed by atoms with Crippen molar-refractivity contribution in [2.45, 2.75) is 31.4 Å². The van der Waals surface area contributed by atoms with E-state index in [1.807, 2.05) is 24.3 Å². The first-order chi connectivity index (χ1) is 10.2. The second kappa shape index (κ2) is 7.43. The second-order valence-electron chi connectivity index (χ2n) is 5.29. The van der Waals surface area contributed by atoms with Crippen LogP contribution in [0.4, 0.5) is 0 Å². The van der Waals surface area contributed by atoms with Crippen LogP contribution in [-0.4, -0.2) is 55.4 Å². The van der Waals surface area contributed by atoms with E-state index in [1.54, 1.807) is 19.1 Å². The molecule has 21 heavy (non-hydrogen) atoms. The quantitative estimate of drug-likeness (QED) is 0.857. The van der Waals surface area contributed by atoms with Gasteiger partial charge in [-0.1, -0.05) is 18.2 Å². The molecule has 1 saturated heterocycles. The summed E-state index contributed by atoms with van der Waals surface area (Å²) >= 11 is 0. The van der Waals surface area contributed by atoms with E-state index in [2.05, 4.69) is 0 Å². The smallest absolute Gasteiger partial charge is 0.223 e. The molecule has 1 aromatic carbocycles. The molecular weight excluding hydrogens is 270 g/mol. The molecule has 1 N–H and O–H groups in total.